The SMILES string of the molecule is CC(=O)/C(Sc1nnnn1-c1ccc(Cl)cc1)=C(\C)O. The molecule has 1 aromatic carbocycles. The van der Waals surface area contributed by atoms with Crippen LogP contribution in [0, 0.1) is 0 Å². The first kappa shape index (κ1) is 14.5. The molecule has 0 saturated carbocycles. The van der Waals surface area contributed by atoms with Gasteiger partial charge in [-0.15, -0.1) is 5.10 Å². The average molecular weight is 311 g/mol. The van der Waals surface area contributed by atoms with Gasteiger partial charge in [0.05, 0.1) is 10.6 Å². The van der Waals surface area contributed by atoms with Crippen molar-refractivity contribution in [1.29, 1.82) is 0 Å². The maximum Gasteiger partial charge on any atom is 0.219 e. The minimum absolute atomic E-state index is 0.0619. The Kier molecular flexibility index (Phi) is 4.41. The van der Waals surface area contributed by atoms with E-state index in [0.29, 0.717) is 15.9 Å². The third-order valence-electron chi connectivity index (χ3n) is 2.35. The Morgan fingerprint density at radius 2 is 1.95 bits per heavy atom. The Bertz CT molecular complexity index is 662. The van der Waals surface area contributed by atoms with Gasteiger partial charge in [-0.1, -0.05) is 11.6 Å². The molecule has 0 radical (unpaired) electrons. The van der Waals surface area contributed by atoms with Gasteiger partial charge in [-0.25, -0.2) is 0 Å². The number of halogens is 1. The fourth-order valence-electron chi connectivity index (χ4n) is 1.48. The van der Waals surface area contributed by atoms with Crippen LogP contribution in [0.5, 0.6) is 0 Å². The summed E-state index contributed by atoms with van der Waals surface area (Å²) in [7, 11) is 0. The summed E-state index contributed by atoms with van der Waals surface area (Å²) in [4.78, 5) is 11.7. The summed E-state index contributed by atoms with van der Waals surface area (Å²) in [5.41, 5.74) is 0.709. The van der Waals surface area contributed by atoms with E-state index >= 15 is 0 Å². The molecule has 6 nitrogen and oxygen atoms in total. The highest BCUT2D eigenvalue weighted by Gasteiger charge is 2.16. The zero-order valence-corrected chi connectivity index (χ0v) is 12.3. The van der Waals surface area contributed by atoms with Gasteiger partial charge in [0.2, 0.25) is 5.16 Å². The van der Waals surface area contributed by atoms with E-state index in [9.17, 15) is 9.90 Å². The van der Waals surface area contributed by atoms with E-state index < -0.39 is 0 Å². The fraction of sp³-hybridized carbons (Fsp3) is 0.167. The maximum absolute atomic E-state index is 11.5. The van der Waals surface area contributed by atoms with Crippen LogP contribution >= 0.6 is 23.4 Å². The first-order valence-electron chi connectivity index (χ1n) is 5.62. The first-order valence-corrected chi connectivity index (χ1v) is 6.81. The molecule has 0 aliphatic heterocycles. The molecule has 104 valence electrons. The average Bonchev–Trinajstić information content (AvgIpc) is 2.84. The molecule has 1 aromatic heterocycles. The lowest BCUT2D eigenvalue weighted by Gasteiger charge is -2.06. The van der Waals surface area contributed by atoms with Gasteiger partial charge in [-0.2, -0.15) is 4.68 Å². The van der Waals surface area contributed by atoms with Gasteiger partial charge >= 0.3 is 0 Å². The molecule has 0 aliphatic rings. The lowest BCUT2D eigenvalue weighted by atomic mass is 10.3. The number of aliphatic hydroxyl groups is 1. The number of rotatable bonds is 4. The van der Waals surface area contributed by atoms with Crippen LogP contribution in [-0.2, 0) is 4.79 Å². The third kappa shape index (κ3) is 3.17. The number of Topliss-reactive ketones (excluding diaryl/α,β-unsaturated/α-hetero) is 1. The van der Waals surface area contributed by atoms with E-state index in [2.05, 4.69) is 15.5 Å². The molecule has 0 bridgehead atoms. The number of ketones is 1. The highest BCUT2D eigenvalue weighted by Crippen LogP contribution is 2.28. The van der Waals surface area contributed by atoms with Crippen molar-refractivity contribution in [1.82, 2.24) is 20.2 Å². The standard InChI is InChI=1S/C12H11ClN4O2S/c1-7(18)11(8(2)19)20-12-14-15-16-17(12)10-5-3-9(13)4-6-10/h3-6,18H,1-2H3/b11-7-. The van der Waals surface area contributed by atoms with E-state index in [1.165, 1.54) is 18.5 Å². The highest BCUT2D eigenvalue weighted by molar-refractivity contribution is 8.03. The van der Waals surface area contributed by atoms with E-state index in [1.54, 1.807) is 24.3 Å². The van der Waals surface area contributed by atoms with Crippen molar-refractivity contribution in [3.8, 4) is 5.69 Å². The molecular formula is C12H11ClN4O2S. The number of allylic oxidation sites excluding steroid dienone is 2. The normalized spacial score (nSPS) is 12.2. The maximum atomic E-state index is 11.5. The molecule has 0 amide bonds. The van der Waals surface area contributed by atoms with Crippen LogP contribution < -0.4 is 0 Å². The van der Waals surface area contributed by atoms with Crippen molar-refractivity contribution in [3.05, 3.63) is 40.0 Å². The zero-order chi connectivity index (χ0) is 14.7. The molecule has 8 heteroatoms. The molecule has 1 N–H and O–H groups in total. The second kappa shape index (κ2) is 6.06. The molecule has 0 saturated heterocycles. The Morgan fingerprint density at radius 1 is 1.30 bits per heavy atom. The van der Waals surface area contributed by atoms with Gasteiger partial charge in [0, 0.05) is 5.02 Å². The van der Waals surface area contributed by atoms with Crippen LogP contribution in [-0.4, -0.2) is 31.1 Å². The number of tetrazole rings is 1. The van der Waals surface area contributed by atoms with Crippen molar-refractivity contribution in [3.63, 3.8) is 0 Å². The predicted molar refractivity (Wildman–Crippen MR) is 76.0 cm³/mol. The molecule has 20 heavy (non-hydrogen) atoms. The second-order valence-electron chi connectivity index (χ2n) is 3.92. The Hall–Kier alpha value is -1.86. The molecule has 2 rings (SSSR count). The summed E-state index contributed by atoms with van der Waals surface area (Å²) in [5.74, 6) is -0.311. The monoisotopic (exact) mass is 310 g/mol. The zero-order valence-electron chi connectivity index (χ0n) is 10.7. The molecule has 0 unspecified atom stereocenters. The molecule has 0 atom stereocenters. The van der Waals surface area contributed by atoms with Crippen LogP contribution in [0.4, 0.5) is 0 Å². The number of aliphatic hydroxyl groups excluding tert-OH is 1. The third-order valence-corrected chi connectivity index (χ3v) is 3.83. The van der Waals surface area contributed by atoms with Gasteiger partial charge in [0.15, 0.2) is 5.78 Å². The van der Waals surface area contributed by atoms with Crippen LogP contribution in [0.3, 0.4) is 0 Å². The molecule has 0 aliphatic carbocycles. The fourth-order valence-corrected chi connectivity index (χ4v) is 2.38. The van der Waals surface area contributed by atoms with E-state index in [4.69, 9.17) is 11.6 Å². The van der Waals surface area contributed by atoms with Crippen molar-refractivity contribution in [2.75, 3.05) is 0 Å². The minimum atomic E-state index is -0.249. The summed E-state index contributed by atoms with van der Waals surface area (Å²) in [6, 6.07) is 6.94. The first-order chi connectivity index (χ1) is 9.49. The summed E-state index contributed by atoms with van der Waals surface area (Å²) >= 11 is 6.84. The summed E-state index contributed by atoms with van der Waals surface area (Å²) in [6.07, 6.45) is 0. The van der Waals surface area contributed by atoms with Crippen LogP contribution in [0.15, 0.2) is 40.1 Å². The lowest BCUT2D eigenvalue weighted by Crippen LogP contribution is -2.02. The number of carbonyl (C=O) groups is 1. The number of aromatic nitrogens is 4. The molecule has 0 fully saturated rings. The van der Waals surface area contributed by atoms with Gasteiger partial charge in [-0.3, -0.25) is 4.79 Å². The van der Waals surface area contributed by atoms with Crippen LogP contribution in [0.25, 0.3) is 5.69 Å². The van der Waals surface area contributed by atoms with Gasteiger partial charge in [0.1, 0.15) is 5.76 Å². The predicted octanol–water partition coefficient (Wildman–Crippen LogP) is 2.79. The number of thioether (sulfide) groups is 1. The van der Waals surface area contributed by atoms with Crippen molar-refractivity contribution >= 4 is 29.1 Å². The largest absolute Gasteiger partial charge is 0.511 e. The molecular weight excluding hydrogens is 300 g/mol. The molecule has 1 heterocycles. The van der Waals surface area contributed by atoms with Gasteiger partial charge in [0.25, 0.3) is 0 Å². The summed E-state index contributed by atoms with van der Waals surface area (Å²) in [6.45, 7) is 2.82. The minimum Gasteiger partial charge on any atom is -0.511 e. The lowest BCUT2D eigenvalue weighted by molar-refractivity contribution is -0.113. The van der Waals surface area contributed by atoms with E-state index in [1.807, 2.05) is 0 Å². The smallest absolute Gasteiger partial charge is 0.219 e. The summed E-state index contributed by atoms with van der Waals surface area (Å²) in [5, 5.41) is 21.8. The number of carbonyl (C=O) groups excluding carboxylic acids is 1. The Morgan fingerprint density at radius 3 is 2.50 bits per heavy atom. The number of hydrogen-bond acceptors (Lipinski definition) is 6. The van der Waals surface area contributed by atoms with Gasteiger partial charge in [-0.05, 0) is 60.3 Å². The second-order valence-corrected chi connectivity index (χ2v) is 5.34. The Balaban J connectivity index is 2.36. The van der Waals surface area contributed by atoms with Crippen LogP contribution in [0.2, 0.25) is 5.02 Å². The van der Waals surface area contributed by atoms with Crippen molar-refractivity contribution < 1.29 is 9.90 Å². The highest BCUT2D eigenvalue weighted by atomic mass is 35.5. The van der Waals surface area contributed by atoms with E-state index in [0.717, 1.165) is 11.8 Å². The van der Waals surface area contributed by atoms with Crippen molar-refractivity contribution in [2.24, 2.45) is 0 Å². The number of benzene rings is 1. The quantitative estimate of drug-likeness (QED) is 0.531. The van der Waals surface area contributed by atoms with Crippen molar-refractivity contribution in [2.45, 2.75) is 19.0 Å². The summed E-state index contributed by atoms with van der Waals surface area (Å²) < 4.78 is 1.47. The topological polar surface area (TPSA) is 80.9 Å². The number of hydrogen-bond donors (Lipinski definition) is 1. The van der Waals surface area contributed by atoms with Crippen LogP contribution in [0.1, 0.15) is 13.8 Å². The molecule has 2 aromatic rings. The molecule has 0 spiro atoms. The van der Waals surface area contributed by atoms with Gasteiger partial charge < -0.3 is 5.11 Å². The Labute approximate surface area is 124 Å². The number of nitrogens with zero attached hydrogens (tertiary/aromatic N) is 4. The van der Waals surface area contributed by atoms with E-state index in [-0.39, 0.29) is 16.4 Å².